The van der Waals surface area contributed by atoms with Crippen LogP contribution < -0.4 is 16.2 Å². The molecular formula is C10H13N5O. The number of rotatable bonds is 2. The number of nitrogens with two attached hydrogens (primary N) is 2. The number of benzene rings is 1. The fourth-order valence-corrected chi connectivity index (χ4v) is 1.39. The van der Waals surface area contributed by atoms with E-state index in [4.69, 9.17) is 16.2 Å². The van der Waals surface area contributed by atoms with Crippen molar-refractivity contribution in [1.29, 1.82) is 0 Å². The van der Waals surface area contributed by atoms with Crippen LogP contribution >= 0.6 is 0 Å². The lowest BCUT2D eigenvalue weighted by atomic mass is 10.2. The van der Waals surface area contributed by atoms with E-state index in [1.54, 1.807) is 26.3 Å². The summed E-state index contributed by atoms with van der Waals surface area (Å²) in [7, 11) is 3.31. The van der Waals surface area contributed by atoms with Crippen LogP contribution in [0.3, 0.4) is 0 Å². The largest absolute Gasteiger partial charge is 0.495 e. The van der Waals surface area contributed by atoms with Gasteiger partial charge in [-0.15, -0.1) is 5.10 Å². The molecule has 0 saturated heterocycles. The number of nitrogens with zero attached hydrogens (tertiary/aromatic N) is 3. The minimum atomic E-state index is 0.365. The number of hydrogen-bond acceptors (Lipinski definition) is 5. The Bertz CT molecular complexity index is 500. The zero-order chi connectivity index (χ0) is 11.7. The van der Waals surface area contributed by atoms with Crippen molar-refractivity contribution in [3.8, 4) is 17.1 Å². The Morgan fingerprint density at radius 2 is 2.06 bits per heavy atom. The van der Waals surface area contributed by atoms with Crippen molar-refractivity contribution in [2.45, 2.75) is 0 Å². The number of hydrogen-bond donors (Lipinski definition) is 2. The zero-order valence-electron chi connectivity index (χ0n) is 9.14. The Morgan fingerprint density at radius 1 is 1.31 bits per heavy atom. The highest BCUT2D eigenvalue weighted by molar-refractivity contribution is 5.66. The number of methoxy groups -OCH3 is 1. The summed E-state index contributed by atoms with van der Waals surface area (Å²) in [5, 5.41) is 4.16. The Morgan fingerprint density at radius 3 is 2.56 bits per heavy atom. The van der Waals surface area contributed by atoms with Crippen molar-refractivity contribution in [1.82, 2.24) is 14.8 Å². The van der Waals surface area contributed by atoms with Crippen molar-refractivity contribution >= 4 is 11.6 Å². The van der Waals surface area contributed by atoms with E-state index >= 15 is 0 Å². The Kier molecular flexibility index (Phi) is 2.40. The van der Waals surface area contributed by atoms with E-state index in [-0.39, 0.29) is 0 Å². The molecule has 0 saturated carbocycles. The highest BCUT2D eigenvalue weighted by Crippen LogP contribution is 2.26. The molecule has 1 aromatic carbocycles. The molecule has 0 bridgehead atoms. The molecule has 84 valence electrons. The Labute approximate surface area is 92.8 Å². The van der Waals surface area contributed by atoms with Crippen molar-refractivity contribution in [3.63, 3.8) is 0 Å². The third-order valence-electron chi connectivity index (χ3n) is 2.28. The van der Waals surface area contributed by atoms with Gasteiger partial charge in [0.2, 0.25) is 5.95 Å². The topological polar surface area (TPSA) is 92.0 Å². The van der Waals surface area contributed by atoms with Crippen LogP contribution in [-0.4, -0.2) is 21.9 Å². The minimum absolute atomic E-state index is 0.365. The first-order chi connectivity index (χ1) is 7.61. The van der Waals surface area contributed by atoms with Gasteiger partial charge in [-0.2, -0.15) is 4.98 Å². The lowest BCUT2D eigenvalue weighted by Crippen LogP contribution is -1.97. The molecule has 0 atom stereocenters. The summed E-state index contributed by atoms with van der Waals surface area (Å²) in [6.07, 6.45) is 0. The van der Waals surface area contributed by atoms with Gasteiger partial charge in [0, 0.05) is 12.6 Å². The van der Waals surface area contributed by atoms with Crippen molar-refractivity contribution in [2.24, 2.45) is 7.05 Å². The van der Waals surface area contributed by atoms with Gasteiger partial charge in [0.15, 0.2) is 5.82 Å². The van der Waals surface area contributed by atoms with Crippen LogP contribution in [0.2, 0.25) is 0 Å². The molecule has 0 aliphatic carbocycles. The van der Waals surface area contributed by atoms with Crippen LogP contribution in [0.4, 0.5) is 11.6 Å². The van der Waals surface area contributed by atoms with E-state index in [2.05, 4.69) is 10.1 Å². The van der Waals surface area contributed by atoms with Gasteiger partial charge in [0.1, 0.15) is 5.75 Å². The summed E-state index contributed by atoms with van der Waals surface area (Å²) >= 11 is 0. The second kappa shape index (κ2) is 3.73. The average molecular weight is 219 g/mol. The van der Waals surface area contributed by atoms with Gasteiger partial charge < -0.3 is 16.2 Å². The van der Waals surface area contributed by atoms with Gasteiger partial charge in [0.05, 0.1) is 12.8 Å². The first kappa shape index (κ1) is 10.3. The molecule has 0 spiro atoms. The molecule has 4 N–H and O–H groups in total. The maximum Gasteiger partial charge on any atom is 0.218 e. The van der Waals surface area contributed by atoms with E-state index < -0.39 is 0 Å². The van der Waals surface area contributed by atoms with Gasteiger partial charge in [-0.1, -0.05) is 0 Å². The quantitative estimate of drug-likeness (QED) is 0.724. The number of aryl methyl sites for hydroxylation is 1. The van der Waals surface area contributed by atoms with E-state index in [1.807, 2.05) is 6.07 Å². The van der Waals surface area contributed by atoms with Crippen molar-refractivity contribution < 1.29 is 4.74 Å². The summed E-state index contributed by atoms with van der Waals surface area (Å²) in [5.41, 5.74) is 12.8. The summed E-state index contributed by atoms with van der Waals surface area (Å²) < 4.78 is 6.58. The predicted molar refractivity (Wildman–Crippen MR) is 61.8 cm³/mol. The van der Waals surface area contributed by atoms with Gasteiger partial charge in [-0.25, -0.2) is 4.68 Å². The SMILES string of the molecule is COc1ccc(-c2nc(N)n(C)n2)cc1N. The maximum atomic E-state index is 5.80. The molecule has 2 rings (SSSR count). The fraction of sp³-hybridized carbons (Fsp3) is 0.200. The van der Waals surface area contributed by atoms with Crippen LogP contribution in [0.15, 0.2) is 18.2 Å². The summed E-state index contributed by atoms with van der Waals surface area (Å²) in [4.78, 5) is 4.11. The Balaban J connectivity index is 2.45. The fourth-order valence-electron chi connectivity index (χ4n) is 1.39. The molecule has 2 aromatic rings. The summed E-state index contributed by atoms with van der Waals surface area (Å²) in [6.45, 7) is 0. The normalized spacial score (nSPS) is 10.4. The van der Waals surface area contributed by atoms with Gasteiger partial charge in [-0.05, 0) is 18.2 Å². The smallest absolute Gasteiger partial charge is 0.218 e. The monoisotopic (exact) mass is 219 g/mol. The lowest BCUT2D eigenvalue weighted by molar-refractivity contribution is 0.417. The van der Waals surface area contributed by atoms with E-state index in [9.17, 15) is 0 Å². The molecule has 0 fully saturated rings. The third kappa shape index (κ3) is 1.65. The van der Waals surface area contributed by atoms with Gasteiger partial charge in [-0.3, -0.25) is 0 Å². The first-order valence-corrected chi connectivity index (χ1v) is 4.72. The average Bonchev–Trinajstić information content (AvgIpc) is 2.59. The Hall–Kier alpha value is -2.24. The van der Waals surface area contributed by atoms with Crippen LogP contribution in [0.1, 0.15) is 0 Å². The molecule has 0 radical (unpaired) electrons. The van der Waals surface area contributed by atoms with Crippen LogP contribution in [0.5, 0.6) is 5.75 Å². The molecule has 0 aliphatic heterocycles. The predicted octanol–water partition coefficient (Wildman–Crippen LogP) is 0.655. The second-order valence-electron chi connectivity index (χ2n) is 3.37. The van der Waals surface area contributed by atoms with Crippen LogP contribution in [0.25, 0.3) is 11.4 Å². The van der Waals surface area contributed by atoms with Gasteiger partial charge >= 0.3 is 0 Å². The second-order valence-corrected chi connectivity index (χ2v) is 3.37. The van der Waals surface area contributed by atoms with Crippen molar-refractivity contribution in [2.75, 3.05) is 18.6 Å². The molecule has 0 unspecified atom stereocenters. The maximum absolute atomic E-state index is 5.80. The highest BCUT2D eigenvalue weighted by atomic mass is 16.5. The van der Waals surface area contributed by atoms with Crippen LogP contribution in [0, 0.1) is 0 Å². The number of anilines is 2. The number of aromatic nitrogens is 3. The van der Waals surface area contributed by atoms with E-state index in [0.29, 0.717) is 23.2 Å². The van der Waals surface area contributed by atoms with Crippen LogP contribution in [-0.2, 0) is 7.05 Å². The minimum Gasteiger partial charge on any atom is -0.495 e. The number of nitrogen functional groups attached to an aromatic ring is 2. The molecule has 6 heteroatoms. The molecule has 1 heterocycles. The van der Waals surface area contributed by atoms with E-state index in [0.717, 1.165) is 5.56 Å². The standard InChI is InChI=1S/C10H13N5O/c1-15-10(12)13-9(14-15)6-3-4-8(16-2)7(11)5-6/h3-5H,11H2,1-2H3,(H2,12,13,14). The molecule has 1 aromatic heterocycles. The first-order valence-electron chi connectivity index (χ1n) is 4.72. The third-order valence-corrected chi connectivity index (χ3v) is 2.28. The molecular weight excluding hydrogens is 206 g/mol. The molecule has 0 aliphatic rings. The van der Waals surface area contributed by atoms with E-state index in [1.165, 1.54) is 4.68 Å². The lowest BCUT2D eigenvalue weighted by Gasteiger charge is -2.04. The molecule has 16 heavy (non-hydrogen) atoms. The van der Waals surface area contributed by atoms with Gasteiger partial charge in [0.25, 0.3) is 0 Å². The highest BCUT2D eigenvalue weighted by Gasteiger charge is 2.08. The summed E-state index contributed by atoms with van der Waals surface area (Å²) in [5.74, 6) is 1.55. The molecule has 0 amide bonds. The zero-order valence-corrected chi connectivity index (χ0v) is 9.14. The molecule has 6 nitrogen and oxygen atoms in total. The number of ether oxygens (including phenoxy) is 1. The summed E-state index contributed by atoms with van der Waals surface area (Å²) in [6, 6.07) is 5.37. The van der Waals surface area contributed by atoms with Crippen molar-refractivity contribution in [3.05, 3.63) is 18.2 Å².